The second-order valence-electron chi connectivity index (χ2n) is 7.75. The van der Waals surface area contributed by atoms with Crippen LogP contribution in [0.5, 0.6) is 0 Å². The molecule has 0 radical (unpaired) electrons. The summed E-state index contributed by atoms with van der Waals surface area (Å²) in [5, 5.41) is 4.46. The first-order valence-corrected chi connectivity index (χ1v) is 12.1. The van der Waals surface area contributed by atoms with Gasteiger partial charge in [-0.05, 0) is 29.2 Å². The summed E-state index contributed by atoms with van der Waals surface area (Å²) in [7, 11) is -3.04. The van der Waals surface area contributed by atoms with Gasteiger partial charge in [-0.1, -0.05) is 40.6 Å². The van der Waals surface area contributed by atoms with Crippen molar-refractivity contribution in [2.24, 2.45) is 0 Å². The highest BCUT2D eigenvalue weighted by atomic mass is 32.3. The van der Waals surface area contributed by atoms with Crippen LogP contribution in [0.1, 0.15) is 5.56 Å². The second-order valence-corrected chi connectivity index (χ2v) is 9.82. The molecule has 32 heavy (non-hydrogen) atoms. The molecule has 0 aliphatic rings. The Labute approximate surface area is 186 Å². The van der Waals surface area contributed by atoms with Crippen molar-refractivity contribution in [3.8, 4) is 22.3 Å². The van der Waals surface area contributed by atoms with E-state index < -0.39 is 10.2 Å². The van der Waals surface area contributed by atoms with Gasteiger partial charge < -0.3 is 4.57 Å². The number of benzene rings is 2. The maximum atomic E-state index is 12.0. The fourth-order valence-corrected chi connectivity index (χ4v) is 4.34. The number of fused-ring (bicyclic) bond motifs is 1. The minimum atomic E-state index is -3.04. The van der Waals surface area contributed by atoms with Crippen molar-refractivity contribution in [1.29, 1.82) is 0 Å². The Morgan fingerprint density at radius 3 is 2.62 bits per heavy atom. The molecule has 160 valence electrons. The van der Waals surface area contributed by atoms with E-state index in [-0.39, 0.29) is 0 Å². The third-order valence-corrected chi connectivity index (χ3v) is 6.57. The van der Waals surface area contributed by atoms with Crippen LogP contribution >= 0.6 is 0 Å². The molecule has 0 aliphatic heterocycles. The Kier molecular flexibility index (Phi) is 5.16. The standard InChI is InChI=1S/C24H21N5O2S/c1-32(30,31)22-4-2-3-20(13-22)23-15-27-29-16-21(14-26-24(23)29)19-7-5-18(6-8-19)9-11-28-12-10-25-17-28/h2-8,10,12-17H,9,11H2,1H3/p+1. The minimum Gasteiger partial charge on any atom is -0.337 e. The van der Waals surface area contributed by atoms with E-state index in [4.69, 9.17) is 0 Å². The summed E-state index contributed by atoms with van der Waals surface area (Å²) in [5.74, 6) is 0. The van der Waals surface area contributed by atoms with Crippen LogP contribution in [0.15, 0.2) is 90.7 Å². The number of aromatic nitrogens is 5. The molecule has 2 aromatic carbocycles. The van der Waals surface area contributed by atoms with Gasteiger partial charge in [-0.3, -0.25) is 0 Å². The Bertz CT molecular complexity index is 1420. The lowest BCUT2D eigenvalue weighted by molar-refractivity contribution is 0.503. The first kappa shape index (κ1) is 20.3. The Balaban J connectivity index is 1.40. The molecule has 0 aliphatic carbocycles. The molecular weight excluding hydrogens is 422 g/mol. The van der Waals surface area contributed by atoms with Gasteiger partial charge >= 0.3 is 0 Å². The molecule has 5 aromatic rings. The van der Waals surface area contributed by atoms with Crippen LogP contribution in [0, 0.1) is 0 Å². The Morgan fingerprint density at radius 1 is 1.03 bits per heavy atom. The summed E-state index contributed by atoms with van der Waals surface area (Å²) >= 11 is 0. The molecule has 1 unspecified atom stereocenters. The second kappa shape index (κ2) is 8.14. The van der Waals surface area contributed by atoms with Crippen molar-refractivity contribution in [2.45, 2.75) is 17.9 Å². The summed E-state index contributed by atoms with van der Waals surface area (Å²) in [6, 6.07) is 15.5. The summed E-state index contributed by atoms with van der Waals surface area (Å²) in [6.07, 6.45) is 13.4. The lowest BCUT2D eigenvalue weighted by Crippen LogP contribution is -2.05. The highest BCUT2D eigenvalue weighted by Gasteiger charge is 2.22. The Morgan fingerprint density at radius 2 is 1.88 bits per heavy atom. The van der Waals surface area contributed by atoms with Gasteiger partial charge in [0.2, 0.25) is 10.2 Å². The van der Waals surface area contributed by atoms with Crippen molar-refractivity contribution < 1.29 is 8.76 Å². The van der Waals surface area contributed by atoms with Gasteiger partial charge in [-0.15, -0.1) is 0 Å². The molecule has 1 atom stereocenters. The van der Waals surface area contributed by atoms with Crippen molar-refractivity contribution in [2.75, 3.05) is 6.26 Å². The van der Waals surface area contributed by atoms with Crippen molar-refractivity contribution in [3.63, 3.8) is 0 Å². The number of rotatable bonds is 6. The summed E-state index contributed by atoms with van der Waals surface area (Å²) < 4.78 is 25.7. The molecule has 8 heteroatoms. The van der Waals surface area contributed by atoms with E-state index in [1.54, 1.807) is 35.1 Å². The van der Waals surface area contributed by atoms with E-state index in [0.29, 0.717) is 10.5 Å². The number of hydrogen-bond donors (Lipinski definition) is 1. The van der Waals surface area contributed by atoms with E-state index in [1.807, 2.05) is 31.0 Å². The van der Waals surface area contributed by atoms with E-state index in [0.717, 1.165) is 35.2 Å². The predicted molar refractivity (Wildman–Crippen MR) is 125 cm³/mol. The van der Waals surface area contributed by atoms with Crippen LogP contribution in [0.2, 0.25) is 0 Å². The number of aryl methyl sites for hydroxylation is 2. The molecular formula is C24H22N5O2S+. The molecule has 5 rings (SSSR count). The fourth-order valence-electron chi connectivity index (χ4n) is 3.67. The molecule has 7 nitrogen and oxygen atoms in total. The van der Waals surface area contributed by atoms with Gasteiger partial charge in [-0.25, -0.2) is 14.5 Å². The summed E-state index contributed by atoms with van der Waals surface area (Å²) in [6.45, 7) is 0.896. The zero-order valence-electron chi connectivity index (χ0n) is 17.5. The van der Waals surface area contributed by atoms with Crippen LogP contribution in [0.4, 0.5) is 0 Å². The van der Waals surface area contributed by atoms with Crippen LogP contribution in [-0.2, 0) is 27.4 Å². The molecule has 0 saturated heterocycles. The van der Waals surface area contributed by atoms with Crippen LogP contribution < -0.4 is 0 Å². The number of nitrogens with zero attached hydrogens (tertiary/aromatic N) is 5. The van der Waals surface area contributed by atoms with Gasteiger partial charge in [0, 0.05) is 48.5 Å². The fraction of sp³-hybridized carbons (Fsp3) is 0.125. The predicted octanol–water partition coefficient (Wildman–Crippen LogP) is 4.46. The third kappa shape index (κ3) is 4.10. The smallest absolute Gasteiger partial charge is 0.244 e. The van der Waals surface area contributed by atoms with E-state index >= 15 is 0 Å². The van der Waals surface area contributed by atoms with Gasteiger partial charge in [0.15, 0.2) is 10.5 Å². The highest BCUT2D eigenvalue weighted by molar-refractivity contribution is 7.97. The summed E-state index contributed by atoms with van der Waals surface area (Å²) in [5.41, 5.74) is 5.61. The molecule has 0 bridgehead atoms. The van der Waals surface area contributed by atoms with Crippen molar-refractivity contribution >= 4 is 15.9 Å². The lowest BCUT2D eigenvalue weighted by Gasteiger charge is -2.06. The quantitative estimate of drug-likeness (QED) is 0.391. The highest BCUT2D eigenvalue weighted by Crippen LogP contribution is 2.28. The van der Waals surface area contributed by atoms with Gasteiger partial charge in [0.1, 0.15) is 6.26 Å². The molecule has 0 saturated carbocycles. The van der Waals surface area contributed by atoms with Crippen molar-refractivity contribution in [3.05, 3.63) is 91.4 Å². The zero-order chi connectivity index (χ0) is 22.1. The third-order valence-electron chi connectivity index (χ3n) is 5.44. The molecule has 0 amide bonds. The number of imidazole rings is 1. The molecule has 3 aromatic heterocycles. The van der Waals surface area contributed by atoms with Crippen LogP contribution in [0.3, 0.4) is 0 Å². The normalized spacial score (nSPS) is 13.3. The van der Waals surface area contributed by atoms with E-state index in [2.05, 4.69) is 43.9 Å². The minimum absolute atomic E-state index is 0.388. The largest absolute Gasteiger partial charge is 0.337 e. The van der Waals surface area contributed by atoms with Crippen molar-refractivity contribution in [1.82, 2.24) is 24.1 Å². The zero-order valence-corrected chi connectivity index (χ0v) is 18.3. The molecule has 0 fully saturated rings. The average molecular weight is 445 g/mol. The first-order valence-electron chi connectivity index (χ1n) is 10.2. The van der Waals surface area contributed by atoms with Gasteiger partial charge in [0.05, 0.1) is 12.5 Å². The SMILES string of the molecule is C[S+](=O)(O)c1cccc(-c2cnn3cc(-c4ccc(CCn5ccnc5)cc4)cnc23)c1. The Hall–Kier alpha value is -3.62. The first-order chi connectivity index (χ1) is 15.5. The maximum Gasteiger partial charge on any atom is 0.244 e. The van der Waals surface area contributed by atoms with E-state index in [1.165, 1.54) is 11.8 Å². The monoisotopic (exact) mass is 444 g/mol. The number of hydrogen-bond acceptors (Lipinski definition) is 4. The van der Waals surface area contributed by atoms with Crippen LogP contribution in [-0.4, -0.2) is 35.0 Å². The average Bonchev–Trinajstić information content (AvgIpc) is 3.47. The lowest BCUT2D eigenvalue weighted by atomic mass is 10.1. The van der Waals surface area contributed by atoms with Gasteiger partial charge in [-0.2, -0.15) is 9.65 Å². The van der Waals surface area contributed by atoms with Gasteiger partial charge in [0.25, 0.3) is 0 Å². The van der Waals surface area contributed by atoms with E-state index in [9.17, 15) is 8.76 Å². The topological polar surface area (TPSA) is 85.3 Å². The maximum absolute atomic E-state index is 12.0. The summed E-state index contributed by atoms with van der Waals surface area (Å²) in [4.78, 5) is 9.10. The molecule has 1 N–H and O–H groups in total. The molecule has 3 heterocycles. The van der Waals surface area contributed by atoms with Crippen LogP contribution in [0.25, 0.3) is 27.9 Å². The molecule has 0 spiro atoms.